The minimum atomic E-state index is -2.66. The van der Waals surface area contributed by atoms with Crippen molar-refractivity contribution in [3.63, 3.8) is 0 Å². The Balaban J connectivity index is 1.19. The minimum absolute atomic E-state index is 0.131. The topological polar surface area (TPSA) is 101 Å². The maximum atomic E-state index is 13.6. The van der Waals surface area contributed by atoms with Crippen LogP contribution < -0.4 is 5.32 Å². The molecule has 3 aromatic heterocycles. The molecule has 0 spiro atoms. The van der Waals surface area contributed by atoms with E-state index in [9.17, 15) is 18.0 Å². The summed E-state index contributed by atoms with van der Waals surface area (Å²) in [5, 5.41) is 14.5. The van der Waals surface area contributed by atoms with Crippen LogP contribution in [0.5, 0.6) is 0 Å². The van der Waals surface area contributed by atoms with Gasteiger partial charge in [0.15, 0.2) is 5.82 Å². The number of rotatable bonds is 6. The summed E-state index contributed by atoms with van der Waals surface area (Å²) in [6.07, 6.45) is 1.64. The number of thiazole rings is 1. The van der Waals surface area contributed by atoms with E-state index in [1.165, 1.54) is 29.7 Å². The first kappa shape index (κ1) is 22.0. The Hall–Kier alpha value is -3.54. The van der Waals surface area contributed by atoms with Crippen LogP contribution in [0.25, 0.3) is 22.0 Å². The number of halogens is 3. The van der Waals surface area contributed by atoms with Crippen molar-refractivity contribution in [3.8, 4) is 22.0 Å². The van der Waals surface area contributed by atoms with E-state index in [0.29, 0.717) is 52.0 Å². The molecule has 1 aliphatic heterocycles. The number of nitrogens with zero attached hydrogens (tertiary/aromatic N) is 5. The van der Waals surface area contributed by atoms with Crippen LogP contribution in [0, 0.1) is 5.82 Å². The number of carbonyl (C=O) groups excluding carboxylic acids is 1. The average molecular weight is 500 g/mol. The molecule has 2 aliphatic rings. The Labute approximate surface area is 201 Å². The van der Waals surface area contributed by atoms with Crippen molar-refractivity contribution in [2.75, 3.05) is 0 Å². The van der Waals surface area contributed by atoms with Crippen LogP contribution >= 0.6 is 11.3 Å². The van der Waals surface area contributed by atoms with Crippen molar-refractivity contribution in [3.05, 3.63) is 58.4 Å². The van der Waals surface area contributed by atoms with Crippen molar-refractivity contribution in [2.45, 2.75) is 50.6 Å². The van der Waals surface area contributed by atoms with Gasteiger partial charge in [-0.1, -0.05) is 12.1 Å². The third-order valence-electron chi connectivity index (χ3n) is 6.22. The molecule has 2 N–H and O–H groups in total. The highest BCUT2D eigenvalue weighted by Gasteiger charge is 2.34. The van der Waals surface area contributed by atoms with Gasteiger partial charge >= 0.3 is 0 Å². The number of aromatic nitrogens is 6. The second-order valence-electron chi connectivity index (χ2n) is 8.75. The molecule has 1 unspecified atom stereocenters. The fraction of sp³-hybridized carbons (Fsp3) is 0.348. The molecule has 0 radical (unpaired) electrons. The van der Waals surface area contributed by atoms with Gasteiger partial charge in [-0.25, -0.2) is 27.8 Å². The Bertz CT molecular complexity index is 1390. The third kappa shape index (κ3) is 4.22. The van der Waals surface area contributed by atoms with Gasteiger partial charge in [0.25, 0.3) is 12.3 Å². The molecular weight excluding hydrogens is 479 g/mol. The number of hydrogen-bond acceptors (Lipinski definition) is 6. The monoisotopic (exact) mass is 499 g/mol. The van der Waals surface area contributed by atoms with E-state index in [4.69, 9.17) is 0 Å². The molecule has 35 heavy (non-hydrogen) atoms. The van der Waals surface area contributed by atoms with Crippen LogP contribution in [0.2, 0.25) is 0 Å². The highest BCUT2D eigenvalue weighted by molar-refractivity contribution is 7.15. The number of aromatic amines is 1. The summed E-state index contributed by atoms with van der Waals surface area (Å²) in [5.41, 5.74) is 0.996. The van der Waals surface area contributed by atoms with Gasteiger partial charge in [0.2, 0.25) is 0 Å². The van der Waals surface area contributed by atoms with Gasteiger partial charge in [-0.2, -0.15) is 10.2 Å². The molecule has 0 bridgehead atoms. The maximum Gasteiger partial charge on any atom is 0.281 e. The number of hydrogen-bond donors (Lipinski definition) is 2. The van der Waals surface area contributed by atoms with E-state index in [-0.39, 0.29) is 35.1 Å². The lowest BCUT2D eigenvalue weighted by atomic mass is 10.1. The van der Waals surface area contributed by atoms with Gasteiger partial charge in [0.05, 0.1) is 11.8 Å². The summed E-state index contributed by atoms with van der Waals surface area (Å²) in [4.78, 5) is 22.4. The Morgan fingerprint density at radius 1 is 1.23 bits per heavy atom. The standard InChI is InChI=1S/C23H20F3N7OS/c24-13-3-1-2-12(8-13)21-29-16-9-14(6-7-33(16)32-21)28-22(34)17-15(10-27-31-17)23-30-18(20(25)26)19(35-23)11-4-5-11/h1-3,8,10-11,14,20H,4-7,9H2,(H,27,31)(H,28,34). The van der Waals surface area contributed by atoms with Crippen LogP contribution in [0.3, 0.4) is 0 Å². The van der Waals surface area contributed by atoms with Crippen LogP contribution in [0.1, 0.15) is 58.5 Å². The van der Waals surface area contributed by atoms with Crippen LogP contribution in [-0.4, -0.2) is 41.9 Å². The lowest BCUT2D eigenvalue weighted by Gasteiger charge is -2.23. The fourth-order valence-corrected chi connectivity index (χ4v) is 5.57. The lowest BCUT2D eigenvalue weighted by Crippen LogP contribution is -2.40. The third-order valence-corrected chi connectivity index (χ3v) is 7.48. The summed E-state index contributed by atoms with van der Waals surface area (Å²) in [6.45, 7) is 0.549. The van der Waals surface area contributed by atoms with Gasteiger partial charge in [0, 0.05) is 29.4 Å². The Kier molecular flexibility index (Phi) is 5.39. The first-order valence-corrected chi connectivity index (χ1v) is 12.1. The van der Waals surface area contributed by atoms with E-state index in [0.717, 1.165) is 12.8 Å². The number of nitrogens with one attached hydrogen (secondary N) is 2. The number of H-pyrrole nitrogens is 1. The molecule has 180 valence electrons. The molecule has 4 heterocycles. The molecule has 6 rings (SSSR count). The molecule has 1 amide bonds. The number of benzene rings is 1. The molecule has 1 atom stereocenters. The normalized spacial score (nSPS) is 17.5. The van der Waals surface area contributed by atoms with Crippen LogP contribution in [0.4, 0.5) is 13.2 Å². The summed E-state index contributed by atoms with van der Waals surface area (Å²) in [5.74, 6) is 0.517. The average Bonchev–Trinajstić information content (AvgIpc) is 3.24. The van der Waals surface area contributed by atoms with E-state index < -0.39 is 6.43 Å². The van der Waals surface area contributed by atoms with Gasteiger partial charge in [0.1, 0.15) is 28.0 Å². The summed E-state index contributed by atoms with van der Waals surface area (Å²) < 4.78 is 42.3. The summed E-state index contributed by atoms with van der Waals surface area (Å²) >= 11 is 1.21. The number of carbonyl (C=O) groups is 1. The SMILES string of the molecule is O=C(NC1CCn2nc(-c3cccc(F)c3)nc2C1)c1[nH]ncc1-c1nc(C(F)F)c(C2CC2)s1. The lowest BCUT2D eigenvalue weighted by molar-refractivity contribution is 0.0925. The van der Waals surface area contributed by atoms with Gasteiger partial charge in [-0.05, 0) is 37.3 Å². The van der Waals surface area contributed by atoms with Crippen molar-refractivity contribution in [1.82, 2.24) is 35.3 Å². The largest absolute Gasteiger partial charge is 0.347 e. The number of aryl methyl sites for hydroxylation is 1. The zero-order valence-corrected chi connectivity index (χ0v) is 19.2. The molecule has 1 fully saturated rings. The van der Waals surface area contributed by atoms with Gasteiger partial charge in [-0.15, -0.1) is 11.3 Å². The molecule has 1 aromatic carbocycles. The predicted octanol–water partition coefficient (Wildman–Crippen LogP) is 4.49. The number of fused-ring (bicyclic) bond motifs is 1. The van der Waals surface area contributed by atoms with E-state index in [2.05, 4.69) is 30.6 Å². The molecule has 1 saturated carbocycles. The van der Waals surface area contributed by atoms with Gasteiger partial charge < -0.3 is 5.32 Å². The molecular formula is C23H20F3N7OS. The van der Waals surface area contributed by atoms with Crippen molar-refractivity contribution < 1.29 is 18.0 Å². The number of amides is 1. The van der Waals surface area contributed by atoms with E-state index >= 15 is 0 Å². The van der Waals surface area contributed by atoms with Crippen molar-refractivity contribution in [2.24, 2.45) is 0 Å². The molecule has 4 aromatic rings. The van der Waals surface area contributed by atoms with Crippen LogP contribution in [-0.2, 0) is 13.0 Å². The second-order valence-corrected chi connectivity index (χ2v) is 9.78. The Morgan fingerprint density at radius 3 is 2.86 bits per heavy atom. The summed E-state index contributed by atoms with van der Waals surface area (Å²) in [7, 11) is 0. The smallest absolute Gasteiger partial charge is 0.281 e. The summed E-state index contributed by atoms with van der Waals surface area (Å²) in [6, 6.07) is 5.89. The van der Waals surface area contributed by atoms with Crippen LogP contribution in [0.15, 0.2) is 30.5 Å². The van der Waals surface area contributed by atoms with Crippen molar-refractivity contribution >= 4 is 17.2 Å². The highest BCUT2D eigenvalue weighted by atomic mass is 32.1. The first-order valence-electron chi connectivity index (χ1n) is 11.3. The molecule has 12 heteroatoms. The van der Waals surface area contributed by atoms with E-state index in [1.807, 2.05) is 0 Å². The number of alkyl halides is 2. The molecule has 8 nitrogen and oxygen atoms in total. The highest BCUT2D eigenvalue weighted by Crippen LogP contribution is 2.48. The zero-order chi connectivity index (χ0) is 24.1. The zero-order valence-electron chi connectivity index (χ0n) is 18.3. The fourth-order valence-electron chi connectivity index (χ4n) is 4.31. The minimum Gasteiger partial charge on any atom is -0.347 e. The van der Waals surface area contributed by atoms with E-state index in [1.54, 1.807) is 16.8 Å². The first-order chi connectivity index (χ1) is 17.0. The molecule has 1 aliphatic carbocycles. The maximum absolute atomic E-state index is 13.6. The van der Waals surface area contributed by atoms with Gasteiger partial charge in [-0.3, -0.25) is 9.89 Å². The molecule has 0 saturated heterocycles. The predicted molar refractivity (Wildman–Crippen MR) is 122 cm³/mol. The second kappa shape index (κ2) is 8.59. The Morgan fingerprint density at radius 2 is 2.09 bits per heavy atom. The quantitative estimate of drug-likeness (QED) is 0.407. The van der Waals surface area contributed by atoms with Crippen molar-refractivity contribution in [1.29, 1.82) is 0 Å².